The zero-order valence-electron chi connectivity index (χ0n) is 18.3. The molecule has 0 atom stereocenters. The van der Waals surface area contributed by atoms with Gasteiger partial charge in [-0.15, -0.1) is 0 Å². The molecule has 2 aromatic rings. The molecule has 0 radical (unpaired) electrons. The van der Waals surface area contributed by atoms with Crippen LogP contribution < -0.4 is 14.8 Å². The highest BCUT2D eigenvalue weighted by atomic mass is 35.5. The van der Waals surface area contributed by atoms with E-state index in [2.05, 4.69) is 71.1 Å². The van der Waals surface area contributed by atoms with Crippen molar-refractivity contribution in [2.45, 2.75) is 66.7 Å². The number of hydrogen-bond donors (Lipinski definition) is 1. The number of aryl methyl sites for hydroxylation is 1. The van der Waals surface area contributed by atoms with Crippen molar-refractivity contribution in [2.75, 3.05) is 7.11 Å². The van der Waals surface area contributed by atoms with Crippen LogP contribution in [-0.4, -0.2) is 12.6 Å². The lowest BCUT2D eigenvalue weighted by Gasteiger charge is -2.33. The SMILES string of the molecule is COc1cc(CNC(C)(C)CC(C)(C)C)c(Cl)cc1OCc1ccc(C)cc1. The summed E-state index contributed by atoms with van der Waals surface area (Å²) in [6.45, 7) is 14.4. The van der Waals surface area contributed by atoms with Gasteiger partial charge in [0.2, 0.25) is 0 Å². The van der Waals surface area contributed by atoms with Crippen LogP contribution in [0.15, 0.2) is 36.4 Å². The molecule has 0 aliphatic heterocycles. The quantitative estimate of drug-likeness (QED) is 0.542. The first-order valence-corrected chi connectivity index (χ1v) is 10.2. The number of nitrogens with one attached hydrogen (secondary N) is 1. The third-order valence-corrected chi connectivity index (χ3v) is 4.93. The van der Waals surface area contributed by atoms with Gasteiger partial charge in [0, 0.05) is 23.2 Å². The van der Waals surface area contributed by atoms with E-state index in [9.17, 15) is 0 Å². The van der Waals surface area contributed by atoms with Crippen LogP contribution in [0, 0.1) is 12.3 Å². The molecule has 2 rings (SSSR count). The fraction of sp³-hybridized carbons (Fsp3) is 0.500. The molecule has 0 saturated heterocycles. The molecule has 0 spiro atoms. The second-order valence-electron chi connectivity index (χ2n) is 9.34. The first-order valence-electron chi connectivity index (χ1n) is 9.79. The van der Waals surface area contributed by atoms with E-state index in [1.54, 1.807) is 7.11 Å². The van der Waals surface area contributed by atoms with E-state index < -0.39 is 0 Å². The summed E-state index contributed by atoms with van der Waals surface area (Å²) in [4.78, 5) is 0. The lowest BCUT2D eigenvalue weighted by atomic mass is 9.82. The van der Waals surface area contributed by atoms with Crippen LogP contribution in [0.1, 0.15) is 57.7 Å². The molecule has 0 bridgehead atoms. The molecular formula is C24H34ClNO2. The van der Waals surface area contributed by atoms with Crippen molar-refractivity contribution in [3.05, 3.63) is 58.1 Å². The molecule has 0 heterocycles. The maximum atomic E-state index is 6.55. The maximum absolute atomic E-state index is 6.55. The summed E-state index contributed by atoms with van der Waals surface area (Å²) in [5.41, 5.74) is 3.61. The largest absolute Gasteiger partial charge is 0.493 e. The van der Waals surface area contributed by atoms with Gasteiger partial charge in [0.1, 0.15) is 6.61 Å². The van der Waals surface area contributed by atoms with Gasteiger partial charge in [0.05, 0.1) is 7.11 Å². The smallest absolute Gasteiger partial charge is 0.163 e. The van der Waals surface area contributed by atoms with Crippen molar-refractivity contribution < 1.29 is 9.47 Å². The Kier molecular flexibility index (Phi) is 7.41. The van der Waals surface area contributed by atoms with Crippen LogP contribution in [0.2, 0.25) is 5.02 Å². The topological polar surface area (TPSA) is 30.5 Å². The van der Waals surface area contributed by atoms with Gasteiger partial charge in [-0.1, -0.05) is 62.2 Å². The second-order valence-corrected chi connectivity index (χ2v) is 9.75. The summed E-state index contributed by atoms with van der Waals surface area (Å²) in [5, 5.41) is 4.31. The molecule has 0 unspecified atom stereocenters. The predicted octanol–water partition coefficient (Wildman–Crippen LogP) is 6.54. The van der Waals surface area contributed by atoms with Crippen LogP contribution in [0.5, 0.6) is 11.5 Å². The summed E-state index contributed by atoms with van der Waals surface area (Å²) >= 11 is 6.55. The van der Waals surface area contributed by atoms with Gasteiger partial charge in [-0.3, -0.25) is 0 Å². The molecule has 2 aromatic carbocycles. The van der Waals surface area contributed by atoms with Crippen molar-refractivity contribution >= 4 is 11.6 Å². The molecule has 4 heteroatoms. The molecule has 0 aliphatic carbocycles. The molecule has 154 valence electrons. The fourth-order valence-corrected chi connectivity index (χ4v) is 3.77. The lowest BCUT2D eigenvalue weighted by Crippen LogP contribution is -2.41. The fourth-order valence-electron chi connectivity index (χ4n) is 3.55. The van der Waals surface area contributed by atoms with Gasteiger partial charge in [0.25, 0.3) is 0 Å². The molecule has 0 saturated carbocycles. The predicted molar refractivity (Wildman–Crippen MR) is 119 cm³/mol. The monoisotopic (exact) mass is 403 g/mol. The molecule has 28 heavy (non-hydrogen) atoms. The zero-order valence-corrected chi connectivity index (χ0v) is 19.0. The number of benzene rings is 2. The summed E-state index contributed by atoms with van der Waals surface area (Å²) in [7, 11) is 1.66. The van der Waals surface area contributed by atoms with Gasteiger partial charge in [-0.05, 0) is 49.8 Å². The highest BCUT2D eigenvalue weighted by Crippen LogP contribution is 2.34. The van der Waals surface area contributed by atoms with Crippen LogP contribution >= 0.6 is 11.6 Å². The van der Waals surface area contributed by atoms with E-state index >= 15 is 0 Å². The van der Waals surface area contributed by atoms with Crippen molar-refractivity contribution in [3.63, 3.8) is 0 Å². The number of ether oxygens (including phenoxy) is 2. The van der Waals surface area contributed by atoms with Gasteiger partial charge in [-0.25, -0.2) is 0 Å². The number of rotatable bonds is 8. The first-order chi connectivity index (χ1) is 13.0. The average Bonchev–Trinajstić information content (AvgIpc) is 2.58. The van der Waals surface area contributed by atoms with E-state index in [0.717, 1.165) is 17.5 Å². The van der Waals surface area contributed by atoms with E-state index in [1.807, 2.05) is 12.1 Å². The van der Waals surface area contributed by atoms with Crippen LogP contribution in [0.25, 0.3) is 0 Å². The Morgan fingerprint density at radius 3 is 2.18 bits per heavy atom. The van der Waals surface area contributed by atoms with Gasteiger partial charge < -0.3 is 14.8 Å². The second kappa shape index (κ2) is 9.19. The van der Waals surface area contributed by atoms with Gasteiger partial charge in [-0.2, -0.15) is 0 Å². The number of hydrogen-bond acceptors (Lipinski definition) is 3. The summed E-state index contributed by atoms with van der Waals surface area (Å²) in [6.07, 6.45) is 1.06. The minimum Gasteiger partial charge on any atom is -0.493 e. The molecule has 0 amide bonds. The minimum atomic E-state index is 0.00935. The summed E-state index contributed by atoms with van der Waals surface area (Å²) in [6, 6.07) is 12.1. The third-order valence-electron chi connectivity index (χ3n) is 4.58. The Morgan fingerprint density at radius 2 is 1.61 bits per heavy atom. The van der Waals surface area contributed by atoms with Crippen molar-refractivity contribution in [1.82, 2.24) is 5.32 Å². The average molecular weight is 404 g/mol. The zero-order chi connectivity index (χ0) is 20.9. The van der Waals surface area contributed by atoms with Gasteiger partial charge in [0.15, 0.2) is 11.5 Å². The third kappa shape index (κ3) is 7.03. The van der Waals surface area contributed by atoms with Crippen LogP contribution in [-0.2, 0) is 13.2 Å². The highest BCUT2D eigenvalue weighted by molar-refractivity contribution is 6.31. The van der Waals surface area contributed by atoms with E-state index in [4.69, 9.17) is 21.1 Å². The molecule has 3 nitrogen and oxygen atoms in total. The van der Waals surface area contributed by atoms with E-state index in [0.29, 0.717) is 29.7 Å². The standard InChI is InChI=1S/C24H34ClNO2/c1-17-8-10-18(11-9-17)15-28-22-13-20(25)19(12-21(22)27-7)14-26-24(5,6)16-23(2,3)4/h8-13,26H,14-16H2,1-7H3. The summed E-state index contributed by atoms with van der Waals surface area (Å²) < 4.78 is 11.5. The van der Waals surface area contributed by atoms with Crippen molar-refractivity contribution in [2.24, 2.45) is 5.41 Å². The Labute approximate surface area is 175 Å². The number of halogens is 1. The molecular weight excluding hydrogens is 370 g/mol. The van der Waals surface area contributed by atoms with Gasteiger partial charge >= 0.3 is 0 Å². The summed E-state index contributed by atoms with van der Waals surface area (Å²) in [5.74, 6) is 1.35. The molecule has 0 fully saturated rings. The van der Waals surface area contributed by atoms with Crippen LogP contribution in [0.4, 0.5) is 0 Å². The van der Waals surface area contributed by atoms with Crippen LogP contribution in [0.3, 0.4) is 0 Å². The first kappa shape index (κ1) is 22.6. The minimum absolute atomic E-state index is 0.00935. The van der Waals surface area contributed by atoms with E-state index in [1.165, 1.54) is 5.56 Å². The van der Waals surface area contributed by atoms with Crippen molar-refractivity contribution in [1.29, 1.82) is 0 Å². The lowest BCUT2D eigenvalue weighted by molar-refractivity contribution is 0.240. The molecule has 0 aliphatic rings. The van der Waals surface area contributed by atoms with E-state index in [-0.39, 0.29) is 11.0 Å². The Bertz CT molecular complexity index is 776. The Morgan fingerprint density at radius 1 is 0.964 bits per heavy atom. The highest BCUT2D eigenvalue weighted by Gasteiger charge is 2.25. The van der Waals surface area contributed by atoms with Crippen molar-refractivity contribution in [3.8, 4) is 11.5 Å². The normalized spacial score (nSPS) is 12.1. The molecule has 1 N–H and O–H groups in total. The maximum Gasteiger partial charge on any atom is 0.163 e. The number of methoxy groups -OCH3 is 1. The Balaban J connectivity index is 2.08. The Hall–Kier alpha value is -1.71. The molecule has 0 aromatic heterocycles.